The van der Waals surface area contributed by atoms with Crippen molar-refractivity contribution in [1.82, 2.24) is 9.88 Å². The fourth-order valence-corrected chi connectivity index (χ4v) is 4.72. The predicted octanol–water partition coefficient (Wildman–Crippen LogP) is 5.91. The number of aliphatic hydroxyl groups is 1. The smallest absolute Gasteiger partial charge is 0.388 e. The first-order chi connectivity index (χ1) is 14.8. The fourth-order valence-electron chi connectivity index (χ4n) is 3.90. The van der Waals surface area contributed by atoms with Gasteiger partial charge in [-0.25, -0.2) is 9.37 Å². The van der Waals surface area contributed by atoms with E-state index in [1.165, 1.54) is 35.6 Å². The van der Waals surface area contributed by atoms with E-state index in [2.05, 4.69) is 9.88 Å². The third-order valence-corrected chi connectivity index (χ3v) is 6.63. The Balaban J connectivity index is 1.32. The number of benzene rings is 2. The minimum Gasteiger partial charge on any atom is -0.388 e. The molecule has 164 valence electrons. The summed E-state index contributed by atoms with van der Waals surface area (Å²) in [6.45, 7) is 2.29. The maximum atomic E-state index is 13.1. The third-order valence-electron chi connectivity index (χ3n) is 5.69. The molecule has 3 nitrogen and oxygen atoms in total. The summed E-state index contributed by atoms with van der Waals surface area (Å²) in [7, 11) is 0. The SMILES string of the molecule is OC(c1ccc(F)cc1)C1CCN(Cc2csc(-c3ccc(C(F)(F)F)cc3)n2)CC1. The summed E-state index contributed by atoms with van der Waals surface area (Å²) >= 11 is 1.42. The van der Waals surface area contributed by atoms with E-state index in [9.17, 15) is 22.7 Å². The summed E-state index contributed by atoms with van der Waals surface area (Å²) in [5, 5.41) is 13.2. The molecule has 0 bridgehead atoms. The van der Waals surface area contributed by atoms with Gasteiger partial charge in [0.05, 0.1) is 17.4 Å². The molecule has 2 heterocycles. The average molecular weight is 451 g/mol. The number of aromatic nitrogens is 1. The van der Waals surface area contributed by atoms with Crippen molar-refractivity contribution in [2.24, 2.45) is 5.92 Å². The number of thiazole rings is 1. The van der Waals surface area contributed by atoms with Gasteiger partial charge < -0.3 is 5.11 Å². The van der Waals surface area contributed by atoms with Gasteiger partial charge in [-0.1, -0.05) is 24.3 Å². The Hall–Kier alpha value is -2.29. The topological polar surface area (TPSA) is 36.4 Å². The molecule has 1 atom stereocenters. The fraction of sp³-hybridized carbons (Fsp3) is 0.348. The van der Waals surface area contributed by atoms with Gasteiger partial charge in [0.2, 0.25) is 0 Å². The van der Waals surface area contributed by atoms with Crippen LogP contribution in [0.1, 0.15) is 35.8 Å². The van der Waals surface area contributed by atoms with Gasteiger partial charge in [0.15, 0.2) is 0 Å². The number of alkyl halides is 3. The molecule has 0 aliphatic carbocycles. The molecule has 3 aromatic rings. The van der Waals surface area contributed by atoms with E-state index in [4.69, 9.17) is 0 Å². The van der Waals surface area contributed by atoms with E-state index in [-0.39, 0.29) is 11.7 Å². The van der Waals surface area contributed by atoms with Gasteiger partial charge in [0.25, 0.3) is 0 Å². The minimum absolute atomic E-state index is 0.125. The maximum absolute atomic E-state index is 13.1. The van der Waals surface area contributed by atoms with Crippen molar-refractivity contribution in [3.63, 3.8) is 0 Å². The van der Waals surface area contributed by atoms with Crippen molar-refractivity contribution < 1.29 is 22.7 Å². The monoisotopic (exact) mass is 450 g/mol. The van der Waals surface area contributed by atoms with Crippen molar-refractivity contribution in [3.8, 4) is 10.6 Å². The average Bonchev–Trinajstić information content (AvgIpc) is 3.22. The third kappa shape index (κ3) is 5.31. The predicted molar refractivity (Wildman–Crippen MR) is 112 cm³/mol. The number of hydrogen-bond acceptors (Lipinski definition) is 4. The van der Waals surface area contributed by atoms with Crippen molar-refractivity contribution in [2.75, 3.05) is 13.1 Å². The lowest BCUT2D eigenvalue weighted by Crippen LogP contribution is -2.35. The van der Waals surface area contributed by atoms with Crippen LogP contribution in [0, 0.1) is 11.7 Å². The van der Waals surface area contributed by atoms with Crippen LogP contribution in [-0.2, 0) is 12.7 Å². The zero-order valence-corrected chi connectivity index (χ0v) is 17.5. The van der Waals surface area contributed by atoms with E-state index in [1.54, 1.807) is 12.1 Å². The molecule has 8 heteroatoms. The summed E-state index contributed by atoms with van der Waals surface area (Å²) in [5.74, 6) is -0.190. The Morgan fingerprint density at radius 2 is 1.68 bits per heavy atom. The number of aliphatic hydroxyl groups excluding tert-OH is 1. The number of halogens is 4. The van der Waals surface area contributed by atoms with Gasteiger partial charge in [0, 0.05) is 17.5 Å². The molecular weight excluding hydrogens is 428 g/mol. The van der Waals surface area contributed by atoms with Gasteiger partial charge in [0.1, 0.15) is 10.8 Å². The first kappa shape index (κ1) is 21.9. The summed E-state index contributed by atoms with van der Waals surface area (Å²) in [4.78, 5) is 6.85. The molecule has 1 saturated heterocycles. The van der Waals surface area contributed by atoms with Crippen LogP contribution in [0.3, 0.4) is 0 Å². The van der Waals surface area contributed by atoms with Gasteiger partial charge in [-0.15, -0.1) is 11.3 Å². The molecule has 1 aliphatic rings. The lowest BCUT2D eigenvalue weighted by atomic mass is 9.87. The minimum atomic E-state index is -4.34. The maximum Gasteiger partial charge on any atom is 0.416 e. The lowest BCUT2D eigenvalue weighted by molar-refractivity contribution is -0.137. The largest absolute Gasteiger partial charge is 0.416 e. The van der Waals surface area contributed by atoms with Crippen LogP contribution >= 0.6 is 11.3 Å². The van der Waals surface area contributed by atoms with Crippen LogP contribution in [0.25, 0.3) is 10.6 Å². The number of piperidine rings is 1. The Labute approximate surface area is 182 Å². The summed E-state index contributed by atoms with van der Waals surface area (Å²) in [5.41, 5.74) is 1.63. The number of likely N-dealkylation sites (tertiary alicyclic amines) is 1. The lowest BCUT2D eigenvalue weighted by Gasteiger charge is -2.34. The Kier molecular flexibility index (Phi) is 6.41. The molecule has 1 unspecified atom stereocenters. The molecule has 1 aliphatic heterocycles. The second-order valence-corrected chi connectivity index (χ2v) is 8.69. The second kappa shape index (κ2) is 9.06. The Morgan fingerprint density at radius 1 is 1.03 bits per heavy atom. The van der Waals surface area contributed by atoms with Crippen LogP contribution < -0.4 is 0 Å². The number of hydrogen-bond donors (Lipinski definition) is 1. The molecule has 1 N–H and O–H groups in total. The van der Waals surface area contributed by atoms with E-state index < -0.39 is 17.8 Å². The molecule has 0 spiro atoms. The summed E-state index contributed by atoms with van der Waals surface area (Å²) in [6.07, 6.45) is -3.29. The first-order valence-corrected chi connectivity index (χ1v) is 11.0. The van der Waals surface area contributed by atoms with Gasteiger partial charge in [-0.3, -0.25) is 4.90 Å². The van der Waals surface area contributed by atoms with Crippen molar-refractivity contribution in [1.29, 1.82) is 0 Å². The van der Waals surface area contributed by atoms with Crippen LogP contribution in [0.15, 0.2) is 53.9 Å². The number of nitrogens with zero attached hydrogens (tertiary/aromatic N) is 2. The van der Waals surface area contributed by atoms with Crippen molar-refractivity contribution >= 4 is 11.3 Å². The normalized spacial score (nSPS) is 17.1. The van der Waals surface area contributed by atoms with Crippen LogP contribution in [0.5, 0.6) is 0 Å². The van der Waals surface area contributed by atoms with Gasteiger partial charge >= 0.3 is 6.18 Å². The summed E-state index contributed by atoms with van der Waals surface area (Å²) in [6, 6.07) is 11.0. The highest BCUT2D eigenvalue weighted by molar-refractivity contribution is 7.13. The molecule has 4 rings (SSSR count). The quantitative estimate of drug-likeness (QED) is 0.491. The van der Waals surface area contributed by atoms with Crippen LogP contribution in [0.2, 0.25) is 0 Å². The van der Waals surface area contributed by atoms with Crippen molar-refractivity contribution in [2.45, 2.75) is 31.7 Å². The second-order valence-electron chi connectivity index (χ2n) is 7.83. The van der Waals surface area contributed by atoms with Gasteiger partial charge in [-0.2, -0.15) is 13.2 Å². The molecule has 0 radical (unpaired) electrons. The molecule has 1 aromatic heterocycles. The zero-order chi connectivity index (χ0) is 22.0. The highest BCUT2D eigenvalue weighted by atomic mass is 32.1. The number of rotatable bonds is 5. The van der Waals surface area contributed by atoms with Gasteiger partial charge in [-0.05, 0) is 61.7 Å². The Morgan fingerprint density at radius 3 is 2.29 bits per heavy atom. The van der Waals surface area contributed by atoms with Crippen LogP contribution in [-0.4, -0.2) is 28.1 Å². The molecule has 31 heavy (non-hydrogen) atoms. The Bertz CT molecular complexity index is 994. The van der Waals surface area contributed by atoms with E-state index in [1.807, 2.05) is 5.38 Å². The molecule has 1 fully saturated rings. The standard InChI is InChI=1S/C23H22F4N2OS/c24-19-7-3-15(4-8-19)21(30)16-9-11-29(12-10-16)13-20-14-31-22(28-20)17-1-5-18(6-2-17)23(25,26)27/h1-8,14,16,21,30H,9-13H2. The zero-order valence-electron chi connectivity index (χ0n) is 16.6. The molecular formula is C23H22F4N2OS. The molecule has 0 saturated carbocycles. The highest BCUT2D eigenvalue weighted by Crippen LogP contribution is 2.33. The summed E-state index contributed by atoms with van der Waals surface area (Å²) < 4.78 is 51.3. The van der Waals surface area contributed by atoms with Crippen molar-refractivity contribution in [3.05, 3.63) is 76.5 Å². The van der Waals surface area contributed by atoms with E-state index in [0.29, 0.717) is 17.1 Å². The molecule has 0 amide bonds. The van der Waals surface area contributed by atoms with E-state index >= 15 is 0 Å². The highest BCUT2D eigenvalue weighted by Gasteiger charge is 2.30. The first-order valence-electron chi connectivity index (χ1n) is 10.1. The molecule has 2 aromatic carbocycles. The van der Waals surface area contributed by atoms with E-state index in [0.717, 1.165) is 49.3 Å². The van der Waals surface area contributed by atoms with Crippen LogP contribution in [0.4, 0.5) is 17.6 Å².